The molecule has 25 heavy (non-hydrogen) atoms. The molecule has 1 fully saturated rings. The van der Waals surface area contributed by atoms with Crippen LogP contribution in [-0.4, -0.2) is 30.1 Å². The van der Waals surface area contributed by atoms with E-state index in [2.05, 4.69) is 35.0 Å². The third kappa shape index (κ3) is 4.98. The number of urea groups is 1. The van der Waals surface area contributed by atoms with E-state index in [1.807, 2.05) is 36.4 Å². The van der Waals surface area contributed by atoms with Crippen LogP contribution in [0.15, 0.2) is 54.6 Å². The van der Waals surface area contributed by atoms with Gasteiger partial charge in [0.25, 0.3) is 0 Å². The fourth-order valence-electron chi connectivity index (χ4n) is 3.13. The van der Waals surface area contributed by atoms with E-state index in [0.29, 0.717) is 6.54 Å². The van der Waals surface area contributed by atoms with E-state index >= 15 is 0 Å². The zero-order valence-corrected chi connectivity index (χ0v) is 14.1. The first kappa shape index (κ1) is 16.8. The maximum atomic E-state index is 12.2. The number of carbonyl (C=O) groups is 1. The lowest BCUT2D eigenvalue weighted by Gasteiger charge is -2.29. The highest BCUT2D eigenvalue weighted by Crippen LogP contribution is 2.15. The van der Waals surface area contributed by atoms with Gasteiger partial charge < -0.3 is 15.5 Å². The second kappa shape index (κ2) is 8.20. The Morgan fingerprint density at radius 2 is 1.96 bits per heavy atom. The number of likely N-dealkylation sites (tertiary alicyclic amines) is 1. The summed E-state index contributed by atoms with van der Waals surface area (Å²) in [6.45, 7) is 1.36. The molecule has 1 atom stereocenters. The number of rotatable bonds is 4. The van der Waals surface area contributed by atoms with Gasteiger partial charge in [0.05, 0.1) is 0 Å². The summed E-state index contributed by atoms with van der Waals surface area (Å²) in [5.74, 6) is 0. The van der Waals surface area contributed by atoms with Gasteiger partial charge in [0.1, 0.15) is 0 Å². The minimum Gasteiger partial charge on any atom is -0.333 e. The van der Waals surface area contributed by atoms with E-state index < -0.39 is 0 Å². The molecule has 5 nitrogen and oxygen atoms in total. The molecule has 0 aliphatic carbocycles. The Morgan fingerprint density at radius 1 is 1.16 bits per heavy atom. The Labute approximate surface area is 148 Å². The summed E-state index contributed by atoms with van der Waals surface area (Å²) in [5, 5.41) is 14.8. The van der Waals surface area contributed by atoms with Crippen LogP contribution in [0.2, 0.25) is 0 Å². The Kier molecular flexibility index (Phi) is 5.53. The summed E-state index contributed by atoms with van der Waals surface area (Å²) < 4.78 is 0. The van der Waals surface area contributed by atoms with Crippen molar-refractivity contribution in [3.05, 3.63) is 65.7 Å². The molecular formula is C20H22N4O. The van der Waals surface area contributed by atoms with E-state index in [9.17, 15) is 4.79 Å². The van der Waals surface area contributed by atoms with Crippen LogP contribution in [0, 0.1) is 11.5 Å². The predicted octanol–water partition coefficient (Wildman–Crippen LogP) is 3.34. The van der Waals surface area contributed by atoms with Gasteiger partial charge in [-0.25, -0.2) is 4.79 Å². The van der Waals surface area contributed by atoms with Gasteiger partial charge in [-0.1, -0.05) is 42.5 Å². The minimum atomic E-state index is -0.221. The summed E-state index contributed by atoms with van der Waals surface area (Å²) in [7, 11) is 0. The van der Waals surface area contributed by atoms with Crippen molar-refractivity contribution < 1.29 is 4.79 Å². The predicted molar refractivity (Wildman–Crippen MR) is 98.1 cm³/mol. The van der Waals surface area contributed by atoms with Crippen LogP contribution in [0.3, 0.4) is 0 Å². The SMILES string of the molecule is N#CN1CCCC(NC(=O)Nc2cccc(Cc3ccccc3)c2)C1. The van der Waals surface area contributed by atoms with Crippen LogP contribution < -0.4 is 10.6 Å². The van der Waals surface area contributed by atoms with Crippen molar-refractivity contribution in [3.63, 3.8) is 0 Å². The van der Waals surface area contributed by atoms with Crippen LogP contribution in [-0.2, 0) is 6.42 Å². The average molecular weight is 334 g/mol. The van der Waals surface area contributed by atoms with Crippen molar-refractivity contribution in [2.75, 3.05) is 18.4 Å². The number of anilines is 1. The molecule has 1 heterocycles. The lowest BCUT2D eigenvalue weighted by molar-refractivity contribution is 0.231. The number of hydrogen-bond acceptors (Lipinski definition) is 3. The lowest BCUT2D eigenvalue weighted by atomic mass is 10.0. The van der Waals surface area contributed by atoms with Crippen LogP contribution >= 0.6 is 0 Å². The average Bonchev–Trinajstić information content (AvgIpc) is 2.63. The molecule has 0 saturated carbocycles. The first-order valence-corrected chi connectivity index (χ1v) is 8.58. The molecule has 1 aliphatic rings. The minimum absolute atomic E-state index is 0.0147. The van der Waals surface area contributed by atoms with Crippen molar-refractivity contribution in [1.82, 2.24) is 10.2 Å². The molecule has 2 N–H and O–H groups in total. The monoisotopic (exact) mass is 334 g/mol. The van der Waals surface area contributed by atoms with E-state index in [0.717, 1.165) is 37.1 Å². The van der Waals surface area contributed by atoms with Gasteiger partial charge in [-0.05, 0) is 42.5 Å². The quantitative estimate of drug-likeness (QED) is 0.843. The summed E-state index contributed by atoms with van der Waals surface area (Å²) in [5.41, 5.74) is 3.17. The lowest BCUT2D eigenvalue weighted by Crippen LogP contribution is -2.47. The van der Waals surface area contributed by atoms with Gasteiger partial charge in [0.15, 0.2) is 6.19 Å². The van der Waals surface area contributed by atoms with Crippen molar-refractivity contribution in [1.29, 1.82) is 5.26 Å². The molecule has 1 unspecified atom stereocenters. The molecule has 128 valence electrons. The first-order valence-electron chi connectivity index (χ1n) is 8.58. The normalized spacial score (nSPS) is 16.8. The number of nitrogens with one attached hydrogen (secondary N) is 2. The second-order valence-electron chi connectivity index (χ2n) is 6.35. The summed E-state index contributed by atoms with van der Waals surface area (Å²) in [4.78, 5) is 13.9. The largest absolute Gasteiger partial charge is 0.333 e. The Morgan fingerprint density at radius 3 is 2.76 bits per heavy atom. The van der Waals surface area contributed by atoms with Gasteiger partial charge >= 0.3 is 6.03 Å². The molecule has 0 bridgehead atoms. The Bertz CT molecular complexity index is 754. The van der Waals surface area contributed by atoms with E-state index in [-0.39, 0.29) is 12.1 Å². The molecule has 0 aromatic heterocycles. The molecule has 1 saturated heterocycles. The van der Waals surface area contributed by atoms with Gasteiger partial charge in [-0.15, -0.1) is 0 Å². The molecule has 5 heteroatoms. The number of nitrogens with zero attached hydrogens (tertiary/aromatic N) is 2. The molecule has 2 aromatic carbocycles. The Balaban J connectivity index is 1.56. The number of benzene rings is 2. The Hall–Kier alpha value is -3.00. The van der Waals surface area contributed by atoms with Gasteiger partial charge in [-0.2, -0.15) is 5.26 Å². The molecule has 0 radical (unpaired) electrons. The smallest absolute Gasteiger partial charge is 0.319 e. The van der Waals surface area contributed by atoms with Crippen LogP contribution in [0.25, 0.3) is 0 Å². The van der Waals surface area contributed by atoms with Gasteiger partial charge in [0, 0.05) is 24.8 Å². The van der Waals surface area contributed by atoms with Crippen molar-refractivity contribution >= 4 is 11.7 Å². The highest BCUT2D eigenvalue weighted by atomic mass is 16.2. The number of hydrogen-bond donors (Lipinski definition) is 2. The van der Waals surface area contributed by atoms with Crippen LogP contribution in [0.5, 0.6) is 0 Å². The second-order valence-corrected chi connectivity index (χ2v) is 6.35. The third-order valence-electron chi connectivity index (χ3n) is 4.33. The molecule has 3 rings (SSSR count). The van der Waals surface area contributed by atoms with Gasteiger partial charge in [0.2, 0.25) is 0 Å². The van der Waals surface area contributed by atoms with E-state index in [1.165, 1.54) is 5.56 Å². The zero-order valence-electron chi connectivity index (χ0n) is 14.1. The first-order chi connectivity index (χ1) is 12.2. The summed E-state index contributed by atoms with van der Waals surface area (Å²) in [6.07, 6.45) is 4.80. The highest BCUT2D eigenvalue weighted by Gasteiger charge is 2.20. The van der Waals surface area contributed by atoms with Crippen LogP contribution in [0.1, 0.15) is 24.0 Å². The number of piperidine rings is 1. The van der Waals surface area contributed by atoms with Gasteiger partial charge in [-0.3, -0.25) is 0 Å². The highest BCUT2D eigenvalue weighted by molar-refractivity contribution is 5.89. The fourth-order valence-corrected chi connectivity index (χ4v) is 3.13. The third-order valence-corrected chi connectivity index (χ3v) is 4.33. The molecule has 2 amide bonds. The molecule has 0 spiro atoms. The number of carbonyl (C=O) groups excluding carboxylic acids is 1. The number of amides is 2. The maximum Gasteiger partial charge on any atom is 0.319 e. The van der Waals surface area contributed by atoms with E-state index in [4.69, 9.17) is 5.26 Å². The molecule has 2 aromatic rings. The number of nitriles is 1. The summed E-state index contributed by atoms with van der Waals surface area (Å²) in [6, 6.07) is 17.9. The fraction of sp³-hybridized carbons (Fsp3) is 0.300. The standard InChI is InChI=1S/C20H22N4O/c21-15-24-11-5-10-19(14-24)23-20(25)22-18-9-4-8-17(13-18)12-16-6-2-1-3-7-16/h1-4,6-9,13,19H,5,10-12,14H2,(H2,22,23,25). The molecule has 1 aliphatic heterocycles. The van der Waals surface area contributed by atoms with Crippen molar-refractivity contribution in [2.24, 2.45) is 0 Å². The zero-order chi connectivity index (χ0) is 17.5. The van der Waals surface area contributed by atoms with Crippen molar-refractivity contribution in [3.8, 4) is 6.19 Å². The topological polar surface area (TPSA) is 68.2 Å². The maximum absolute atomic E-state index is 12.2. The van der Waals surface area contributed by atoms with Crippen molar-refractivity contribution in [2.45, 2.75) is 25.3 Å². The van der Waals surface area contributed by atoms with Crippen LogP contribution in [0.4, 0.5) is 10.5 Å². The summed E-state index contributed by atoms with van der Waals surface area (Å²) >= 11 is 0. The molecular weight excluding hydrogens is 312 g/mol. The van der Waals surface area contributed by atoms with E-state index in [1.54, 1.807) is 4.90 Å².